The van der Waals surface area contributed by atoms with Crippen LogP contribution in [0.2, 0.25) is 5.02 Å². The van der Waals surface area contributed by atoms with Gasteiger partial charge in [-0.15, -0.1) is 0 Å². The molecule has 0 aromatic heterocycles. The highest BCUT2D eigenvalue weighted by Crippen LogP contribution is 2.49. The Morgan fingerprint density at radius 2 is 1.95 bits per heavy atom. The molecule has 20 heavy (non-hydrogen) atoms. The Hall–Kier alpha value is -0.830. The minimum Gasteiger partial charge on any atom is -0.392 e. The van der Waals surface area contributed by atoms with Crippen molar-refractivity contribution in [3.05, 3.63) is 28.8 Å². The zero-order chi connectivity index (χ0) is 15.2. The van der Waals surface area contributed by atoms with E-state index in [1.54, 1.807) is 4.72 Å². The van der Waals surface area contributed by atoms with E-state index in [-0.39, 0.29) is 23.4 Å². The molecule has 1 fully saturated rings. The van der Waals surface area contributed by atoms with Crippen LogP contribution in [-0.4, -0.2) is 25.2 Å². The molecule has 0 atom stereocenters. The number of halogens is 4. The molecule has 0 unspecified atom stereocenters. The van der Waals surface area contributed by atoms with Gasteiger partial charge >= 0.3 is 6.18 Å². The third-order valence-electron chi connectivity index (χ3n) is 3.09. The number of alkyl halides is 3. The van der Waals surface area contributed by atoms with Gasteiger partial charge in [-0.05, 0) is 30.5 Å². The largest absolute Gasteiger partial charge is 0.407 e. The van der Waals surface area contributed by atoms with Crippen molar-refractivity contribution in [1.82, 2.24) is 4.72 Å². The monoisotopic (exact) mass is 329 g/mol. The summed E-state index contributed by atoms with van der Waals surface area (Å²) in [5.74, 6) is 0. The zero-order valence-electron chi connectivity index (χ0n) is 10.0. The first-order chi connectivity index (χ1) is 9.11. The minimum absolute atomic E-state index is 0.201. The van der Waals surface area contributed by atoms with E-state index < -0.39 is 33.2 Å². The van der Waals surface area contributed by atoms with E-state index in [9.17, 15) is 21.6 Å². The first kappa shape index (κ1) is 15.6. The predicted octanol–water partition coefficient (Wildman–Crippen LogP) is 2.21. The number of sulfonamides is 1. The maximum atomic E-state index is 12.8. The van der Waals surface area contributed by atoms with Crippen molar-refractivity contribution in [3.8, 4) is 0 Å². The van der Waals surface area contributed by atoms with Crippen LogP contribution < -0.4 is 4.72 Å². The fraction of sp³-hybridized carbons (Fsp3) is 0.455. The SMILES string of the molecule is O=S(=O)(NC1(C(F)(F)F)CC1)c1cc(CO)ccc1Cl. The number of hydrogen-bond donors (Lipinski definition) is 2. The van der Waals surface area contributed by atoms with E-state index in [0.717, 1.165) is 6.07 Å². The highest BCUT2D eigenvalue weighted by molar-refractivity contribution is 7.89. The Kier molecular flexibility index (Phi) is 3.79. The highest BCUT2D eigenvalue weighted by Gasteiger charge is 2.65. The Labute approximate surface area is 118 Å². The molecule has 9 heteroatoms. The van der Waals surface area contributed by atoms with Crippen LogP contribution in [0.15, 0.2) is 23.1 Å². The standard InChI is InChI=1S/C11H11ClF3NO3S/c12-8-2-1-7(6-17)5-9(8)20(18,19)16-10(3-4-10)11(13,14)15/h1-2,5,16-17H,3-4,6H2. The van der Waals surface area contributed by atoms with Gasteiger partial charge < -0.3 is 5.11 Å². The van der Waals surface area contributed by atoms with Gasteiger partial charge in [0.25, 0.3) is 0 Å². The lowest BCUT2D eigenvalue weighted by Crippen LogP contribution is -2.47. The third kappa shape index (κ3) is 2.78. The molecule has 0 radical (unpaired) electrons. The van der Waals surface area contributed by atoms with Gasteiger partial charge in [-0.25, -0.2) is 8.42 Å². The first-order valence-corrected chi connectivity index (χ1v) is 7.47. The molecular formula is C11H11ClF3NO3S. The van der Waals surface area contributed by atoms with Gasteiger partial charge in [-0.1, -0.05) is 17.7 Å². The van der Waals surface area contributed by atoms with Crippen LogP contribution in [0, 0.1) is 0 Å². The average Bonchev–Trinajstić information content (AvgIpc) is 3.09. The summed E-state index contributed by atoms with van der Waals surface area (Å²) in [7, 11) is -4.41. The lowest BCUT2D eigenvalue weighted by Gasteiger charge is -2.21. The molecule has 0 bridgehead atoms. The van der Waals surface area contributed by atoms with Gasteiger partial charge in [0.15, 0.2) is 0 Å². The smallest absolute Gasteiger partial charge is 0.392 e. The molecule has 1 saturated carbocycles. The molecule has 0 spiro atoms. The summed E-state index contributed by atoms with van der Waals surface area (Å²) in [4.78, 5) is -0.471. The van der Waals surface area contributed by atoms with Crippen LogP contribution in [0.5, 0.6) is 0 Å². The second-order valence-corrected chi connectivity index (χ2v) is 6.67. The fourth-order valence-corrected chi connectivity index (χ4v) is 3.73. The average molecular weight is 330 g/mol. The fourth-order valence-electron chi connectivity index (χ4n) is 1.73. The third-order valence-corrected chi connectivity index (χ3v) is 5.11. The number of hydrogen-bond acceptors (Lipinski definition) is 3. The second kappa shape index (κ2) is 4.87. The Morgan fingerprint density at radius 3 is 2.40 bits per heavy atom. The van der Waals surface area contributed by atoms with Crippen LogP contribution in [0.3, 0.4) is 0 Å². The molecule has 0 saturated heterocycles. The van der Waals surface area contributed by atoms with Gasteiger partial charge in [-0.2, -0.15) is 17.9 Å². The van der Waals surface area contributed by atoms with Gasteiger partial charge in [0.1, 0.15) is 10.4 Å². The van der Waals surface area contributed by atoms with Crippen molar-refractivity contribution in [3.63, 3.8) is 0 Å². The Balaban J connectivity index is 2.37. The summed E-state index contributed by atoms with van der Waals surface area (Å²) < 4.78 is 64.1. The molecule has 0 aliphatic heterocycles. The molecule has 2 rings (SSSR count). The molecule has 2 N–H and O–H groups in total. The number of rotatable bonds is 4. The Morgan fingerprint density at radius 1 is 1.35 bits per heavy atom. The van der Waals surface area contributed by atoms with Gasteiger partial charge in [0.2, 0.25) is 10.0 Å². The van der Waals surface area contributed by atoms with E-state index in [2.05, 4.69) is 0 Å². The molecular weight excluding hydrogens is 319 g/mol. The van der Waals surface area contributed by atoms with Crippen molar-refractivity contribution in [1.29, 1.82) is 0 Å². The highest BCUT2D eigenvalue weighted by atomic mass is 35.5. The quantitative estimate of drug-likeness (QED) is 0.890. The van der Waals surface area contributed by atoms with Gasteiger partial charge in [-0.3, -0.25) is 0 Å². The summed E-state index contributed by atoms with van der Waals surface area (Å²) in [6.07, 6.45) is -5.25. The normalized spacial score (nSPS) is 18.1. The summed E-state index contributed by atoms with van der Waals surface area (Å²) in [6.45, 7) is -0.440. The first-order valence-electron chi connectivity index (χ1n) is 5.61. The van der Waals surface area contributed by atoms with E-state index in [4.69, 9.17) is 16.7 Å². The second-order valence-electron chi connectivity index (χ2n) is 4.61. The Bertz CT molecular complexity index is 626. The molecule has 1 aromatic carbocycles. The van der Waals surface area contributed by atoms with E-state index in [1.165, 1.54) is 12.1 Å². The topological polar surface area (TPSA) is 66.4 Å². The van der Waals surface area contributed by atoms with Gasteiger partial charge in [0.05, 0.1) is 11.6 Å². The minimum atomic E-state index is -4.65. The maximum Gasteiger partial charge on any atom is 0.407 e. The lowest BCUT2D eigenvalue weighted by atomic mass is 10.2. The summed E-state index contributed by atoms with van der Waals surface area (Å²) in [5.41, 5.74) is -2.16. The molecule has 4 nitrogen and oxygen atoms in total. The molecule has 1 aliphatic carbocycles. The zero-order valence-corrected chi connectivity index (χ0v) is 11.6. The maximum absolute atomic E-state index is 12.8. The number of benzene rings is 1. The lowest BCUT2D eigenvalue weighted by molar-refractivity contribution is -0.160. The number of nitrogens with one attached hydrogen (secondary N) is 1. The van der Waals surface area contributed by atoms with Crippen molar-refractivity contribution < 1.29 is 26.7 Å². The van der Waals surface area contributed by atoms with Crippen molar-refractivity contribution >= 4 is 21.6 Å². The molecule has 0 amide bonds. The van der Waals surface area contributed by atoms with Crippen molar-refractivity contribution in [2.75, 3.05) is 0 Å². The van der Waals surface area contributed by atoms with Crippen LogP contribution >= 0.6 is 11.6 Å². The number of aliphatic hydroxyl groups is 1. The molecule has 112 valence electrons. The molecule has 1 aromatic rings. The summed E-state index contributed by atoms with van der Waals surface area (Å²) in [6, 6.07) is 3.66. The van der Waals surface area contributed by atoms with Crippen LogP contribution in [0.1, 0.15) is 18.4 Å². The van der Waals surface area contributed by atoms with Crippen molar-refractivity contribution in [2.24, 2.45) is 0 Å². The van der Waals surface area contributed by atoms with Crippen LogP contribution in [0.25, 0.3) is 0 Å². The van der Waals surface area contributed by atoms with Crippen LogP contribution in [-0.2, 0) is 16.6 Å². The van der Waals surface area contributed by atoms with E-state index in [1.807, 2.05) is 0 Å². The summed E-state index contributed by atoms with van der Waals surface area (Å²) >= 11 is 5.72. The van der Waals surface area contributed by atoms with Crippen LogP contribution in [0.4, 0.5) is 13.2 Å². The summed E-state index contributed by atoms with van der Waals surface area (Å²) in [5, 5.41) is 8.75. The molecule has 1 aliphatic rings. The number of aliphatic hydroxyl groups excluding tert-OH is 1. The van der Waals surface area contributed by atoms with Gasteiger partial charge in [0, 0.05) is 0 Å². The predicted molar refractivity (Wildman–Crippen MR) is 65.7 cm³/mol. The van der Waals surface area contributed by atoms with E-state index in [0.29, 0.717) is 0 Å². The molecule has 0 heterocycles. The van der Waals surface area contributed by atoms with E-state index >= 15 is 0 Å². The van der Waals surface area contributed by atoms with Crippen molar-refractivity contribution in [2.45, 2.75) is 36.1 Å².